The van der Waals surface area contributed by atoms with Crippen LogP contribution in [0, 0.1) is 5.92 Å². The lowest BCUT2D eigenvalue weighted by atomic mass is 9.83. The molecule has 2 atom stereocenters. The minimum Gasteiger partial charge on any atom is -0.507 e. The van der Waals surface area contributed by atoms with Crippen molar-refractivity contribution in [1.29, 1.82) is 0 Å². The van der Waals surface area contributed by atoms with Gasteiger partial charge in [-0.15, -0.1) is 0 Å². The Bertz CT molecular complexity index is 920. The SMILES string of the molecule is CCCCc1cc(=O)oc2c(CN(C)CC3CCCN4CCCCC34)c(O)ccc12. The standard InChI is InChI=1S/C25H36N2O3/c1-3-4-8-18-15-24(29)30-25-20(18)11-12-23(28)21(25)17-26(2)16-19-9-7-14-27-13-6-5-10-22(19)27/h11-12,15,19,22,28H,3-10,13-14,16-17H2,1-2H3. The highest BCUT2D eigenvalue weighted by molar-refractivity contribution is 5.85. The van der Waals surface area contributed by atoms with E-state index < -0.39 is 0 Å². The third kappa shape index (κ3) is 4.57. The number of unbranched alkanes of at least 4 members (excludes halogenated alkanes) is 1. The molecule has 0 amide bonds. The van der Waals surface area contributed by atoms with Crippen LogP contribution in [-0.4, -0.2) is 47.6 Å². The fraction of sp³-hybridized carbons (Fsp3) is 0.640. The molecule has 2 aromatic rings. The number of aryl methyl sites for hydroxylation is 1. The van der Waals surface area contributed by atoms with Gasteiger partial charge in [-0.25, -0.2) is 4.79 Å². The molecule has 2 aliphatic heterocycles. The molecule has 2 saturated heterocycles. The van der Waals surface area contributed by atoms with E-state index in [1.807, 2.05) is 6.07 Å². The predicted molar refractivity (Wildman–Crippen MR) is 121 cm³/mol. The lowest BCUT2D eigenvalue weighted by molar-refractivity contribution is 0.0434. The van der Waals surface area contributed by atoms with Crippen molar-refractivity contribution in [3.63, 3.8) is 0 Å². The van der Waals surface area contributed by atoms with Gasteiger partial charge in [-0.3, -0.25) is 0 Å². The van der Waals surface area contributed by atoms with Gasteiger partial charge in [0.2, 0.25) is 0 Å². The molecule has 2 aliphatic rings. The van der Waals surface area contributed by atoms with Crippen LogP contribution in [0.25, 0.3) is 11.0 Å². The maximum Gasteiger partial charge on any atom is 0.336 e. The maximum atomic E-state index is 12.2. The molecule has 0 saturated carbocycles. The van der Waals surface area contributed by atoms with Crippen LogP contribution >= 0.6 is 0 Å². The Labute approximate surface area is 179 Å². The van der Waals surface area contributed by atoms with E-state index in [2.05, 4.69) is 23.8 Å². The Kier molecular flexibility index (Phi) is 6.79. The number of fused-ring (bicyclic) bond motifs is 2. The maximum absolute atomic E-state index is 12.2. The Balaban J connectivity index is 1.56. The van der Waals surface area contributed by atoms with E-state index in [-0.39, 0.29) is 11.4 Å². The molecule has 4 rings (SSSR count). The molecular formula is C25H36N2O3. The largest absolute Gasteiger partial charge is 0.507 e. The van der Waals surface area contributed by atoms with Crippen LogP contribution < -0.4 is 5.63 Å². The summed E-state index contributed by atoms with van der Waals surface area (Å²) in [5.74, 6) is 0.890. The number of phenols is 1. The molecule has 0 radical (unpaired) electrons. The number of piperidine rings is 2. The van der Waals surface area contributed by atoms with Crippen LogP contribution in [0.5, 0.6) is 5.75 Å². The molecule has 0 spiro atoms. The molecule has 164 valence electrons. The Morgan fingerprint density at radius 1 is 1.20 bits per heavy atom. The van der Waals surface area contributed by atoms with E-state index >= 15 is 0 Å². The summed E-state index contributed by atoms with van der Waals surface area (Å²) >= 11 is 0. The smallest absolute Gasteiger partial charge is 0.336 e. The second kappa shape index (κ2) is 9.52. The number of rotatable bonds is 7. The van der Waals surface area contributed by atoms with E-state index in [9.17, 15) is 9.90 Å². The van der Waals surface area contributed by atoms with Crippen molar-refractivity contribution < 1.29 is 9.52 Å². The molecule has 5 nitrogen and oxygen atoms in total. The van der Waals surface area contributed by atoms with Gasteiger partial charge in [-0.2, -0.15) is 0 Å². The molecule has 30 heavy (non-hydrogen) atoms. The molecule has 1 aromatic carbocycles. The summed E-state index contributed by atoms with van der Waals surface area (Å²) in [7, 11) is 2.12. The molecule has 3 heterocycles. The first-order chi connectivity index (χ1) is 14.6. The lowest BCUT2D eigenvalue weighted by Gasteiger charge is -2.45. The van der Waals surface area contributed by atoms with Crippen LogP contribution in [-0.2, 0) is 13.0 Å². The molecule has 0 bridgehead atoms. The van der Waals surface area contributed by atoms with Crippen LogP contribution in [0.4, 0.5) is 0 Å². The first kappa shape index (κ1) is 21.4. The fourth-order valence-corrected chi connectivity index (χ4v) is 5.59. The molecular weight excluding hydrogens is 376 g/mol. The lowest BCUT2D eigenvalue weighted by Crippen LogP contribution is -2.50. The van der Waals surface area contributed by atoms with E-state index in [4.69, 9.17) is 4.42 Å². The second-order valence-electron chi connectivity index (χ2n) is 9.33. The number of benzene rings is 1. The molecule has 1 N–H and O–H groups in total. The van der Waals surface area contributed by atoms with Crippen LogP contribution in [0.15, 0.2) is 27.4 Å². The fourth-order valence-electron chi connectivity index (χ4n) is 5.59. The summed E-state index contributed by atoms with van der Waals surface area (Å²) in [5, 5.41) is 11.6. The number of aromatic hydroxyl groups is 1. The summed E-state index contributed by atoms with van der Waals surface area (Å²) in [6.07, 6.45) is 9.53. The second-order valence-corrected chi connectivity index (χ2v) is 9.33. The summed E-state index contributed by atoms with van der Waals surface area (Å²) in [4.78, 5) is 17.2. The average Bonchev–Trinajstić information content (AvgIpc) is 2.74. The zero-order chi connectivity index (χ0) is 21.1. The van der Waals surface area contributed by atoms with Crippen LogP contribution in [0.1, 0.15) is 63.0 Å². The zero-order valence-electron chi connectivity index (χ0n) is 18.5. The number of phenolic OH excluding ortho intramolecular Hbond substituents is 1. The summed E-state index contributed by atoms with van der Waals surface area (Å²) in [6.45, 7) is 6.25. The minimum absolute atomic E-state index is 0.216. The van der Waals surface area contributed by atoms with Gasteiger partial charge in [-0.05, 0) is 82.3 Å². The summed E-state index contributed by atoms with van der Waals surface area (Å²) < 4.78 is 5.62. The van der Waals surface area contributed by atoms with Gasteiger partial charge >= 0.3 is 5.63 Å². The molecule has 5 heteroatoms. The van der Waals surface area contributed by atoms with Crippen LogP contribution in [0.2, 0.25) is 0 Å². The number of nitrogens with zero attached hydrogens (tertiary/aromatic N) is 2. The first-order valence-corrected chi connectivity index (χ1v) is 11.8. The van der Waals surface area contributed by atoms with E-state index in [1.165, 1.54) is 45.2 Å². The van der Waals surface area contributed by atoms with Crippen molar-refractivity contribution in [2.24, 2.45) is 5.92 Å². The van der Waals surface area contributed by atoms with Crippen LogP contribution in [0.3, 0.4) is 0 Å². The van der Waals surface area contributed by atoms with E-state index in [0.29, 0.717) is 24.1 Å². The molecule has 2 fully saturated rings. The van der Waals surface area contributed by atoms with Gasteiger partial charge in [0.15, 0.2) is 0 Å². The quantitative estimate of drug-likeness (QED) is 0.677. The summed E-state index contributed by atoms with van der Waals surface area (Å²) in [5.41, 5.74) is 2.00. The third-order valence-electron chi connectivity index (χ3n) is 7.08. The Morgan fingerprint density at radius 3 is 2.87 bits per heavy atom. The third-order valence-corrected chi connectivity index (χ3v) is 7.08. The number of hydrogen-bond donors (Lipinski definition) is 1. The highest BCUT2D eigenvalue weighted by Gasteiger charge is 2.33. The van der Waals surface area contributed by atoms with E-state index in [1.54, 1.807) is 12.1 Å². The van der Waals surface area contributed by atoms with Gasteiger partial charge in [0.05, 0.1) is 5.56 Å². The van der Waals surface area contributed by atoms with Crippen molar-refractivity contribution in [3.8, 4) is 5.75 Å². The Morgan fingerprint density at radius 2 is 2.03 bits per heavy atom. The zero-order valence-corrected chi connectivity index (χ0v) is 18.5. The van der Waals surface area contributed by atoms with Gasteiger partial charge in [0, 0.05) is 30.6 Å². The predicted octanol–water partition coefficient (Wildman–Crippen LogP) is 4.54. The topological polar surface area (TPSA) is 56.9 Å². The van der Waals surface area contributed by atoms with Gasteiger partial charge in [-0.1, -0.05) is 19.8 Å². The first-order valence-electron chi connectivity index (χ1n) is 11.8. The van der Waals surface area contributed by atoms with Crippen molar-refractivity contribution in [2.45, 2.75) is 70.9 Å². The molecule has 1 aromatic heterocycles. The van der Waals surface area contributed by atoms with Crippen molar-refractivity contribution >= 4 is 11.0 Å². The van der Waals surface area contributed by atoms with Crippen molar-refractivity contribution in [1.82, 2.24) is 9.80 Å². The Hall–Kier alpha value is -1.85. The highest BCUT2D eigenvalue weighted by atomic mass is 16.4. The normalized spacial score (nSPS) is 22.5. The monoisotopic (exact) mass is 412 g/mol. The summed E-state index contributed by atoms with van der Waals surface area (Å²) in [6, 6.07) is 5.96. The number of hydrogen-bond acceptors (Lipinski definition) is 5. The molecule has 0 aliphatic carbocycles. The van der Waals surface area contributed by atoms with Gasteiger partial charge in [0.1, 0.15) is 11.3 Å². The van der Waals surface area contributed by atoms with Crippen molar-refractivity contribution in [3.05, 3.63) is 39.7 Å². The van der Waals surface area contributed by atoms with Gasteiger partial charge in [0.25, 0.3) is 0 Å². The minimum atomic E-state index is -0.326. The van der Waals surface area contributed by atoms with E-state index in [0.717, 1.165) is 42.3 Å². The average molecular weight is 413 g/mol. The molecule has 2 unspecified atom stereocenters. The van der Waals surface area contributed by atoms with Gasteiger partial charge < -0.3 is 19.3 Å². The highest BCUT2D eigenvalue weighted by Crippen LogP contribution is 2.33. The van der Waals surface area contributed by atoms with Crippen molar-refractivity contribution in [2.75, 3.05) is 26.7 Å².